The van der Waals surface area contributed by atoms with E-state index < -0.39 is 29.5 Å². The summed E-state index contributed by atoms with van der Waals surface area (Å²) in [5.74, 6) is -2.39. The Hall–Kier alpha value is -4.18. The topological polar surface area (TPSA) is 89.4 Å². The number of hydrogen-bond acceptors (Lipinski definition) is 5. The number of halogens is 2. The molecule has 2 amide bonds. The highest BCUT2D eigenvalue weighted by Gasteiger charge is 2.34. The van der Waals surface area contributed by atoms with Crippen molar-refractivity contribution >= 4 is 28.5 Å². The van der Waals surface area contributed by atoms with Crippen LogP contribution in [0.25, 0.3) is 11.0 Å². The molecule has 0 unspecified atom stereocenters. The smallest absolute Gasteiger partial charge is 0.249 e. The van der Waals surface area contributed by atoms with Crippen molar-refractivity contribution in [1.29, 1.82) is 0 Å². The third-order valence-corrected chi connectivity index (χ3v) is 5.38. The number of carbonyl (C=O) groups is 2. The molecule has 3 aromatic carbocycles. The van der Waals surface area contributed by atoms with Crippen molar-refractivity contribution in [2.24, 2.45) is 0 Å². The van der Waals surface area contributed by atoms with Crippen LogP contribution in [0.5, 0.6) is 0 Å². The molecule has 1 N–H and O–H groups in total. The Kier molecular flexibility index (Phi) is 7.41. The Morgan fingerprint density at radius 1 is 1.03 bits per heavy atom. The molecule has 1 atom stereocenters. The Bertz CT molecular complexity index is 1330. The number of ether oxygens (including phenoxy) is 1. The standard InChI is InChI=1S/C25H23F2N5O3/c1-35-15-14-28-25(34)24(17-10-12-18(26)13-11-17)32(21-8-4-2-6-19(21)27)23(33)16-31-22-9-5-3-7-20(22)29-30-31/h2-13,24H,14-16H2,1H3,(H,28,34)/t24-/m1/s1. The molecule has 0 radical (unpaired) electrons. The minimum atomic E-state index is -1.29. The van der Waals surface area contributed by atoms with Crippen LogP contribution < -0.4 is 10.2 Å². The van der Waals surface area contributed by atoms with Gasteiger partial charge in [-0.1, -0.05) is 41.6 Å². The second kappa shape index (κ2) is 10.8. The zero-order chi connectivity index (χ0) is 24.8. The minimum Gasteiger partial charge on any atom is -0.383 e. The van der Waals surface area contributed by atoms with E-state index >= 15 is 4.39 Å². The summed E-state index contributed by atoms with van der Waals surface area (Å²) >= 11 is 0. The molecule has 10 heteroatoms. The van der Waals surface area contributed by atoms with E-state index in [2.05, 4.69) is 15.6 Å². The van der Waals surface area contributed by atoms with E-state index in [-0.39, 0.29) is 25.4 Å². The fourth-order valence-electron chi connectivity index (χ4n) is 3.74. The first-order chi connectivity index (χ1) is 17.0. The molecule has 0 spiro atoms. The van der Waals surface area contributed by atoms with Crippen molar-refractivity contribution in [2.75, 3.05) is 25.2 Å². The van der Waals surface area contributed by atoms with Gasteiger partial charge in [0, 0.05) is 13.7 Å². The lowest BCUT2D eigenvalue weighted by atomic mass is 10.0. The first-order valence-electron chi connectivity index (χ1n) is 10.9. The van der Waals surface area contributed by atoms with Gasteiger partial charge in [0.2, 0.25) is 11.8 Å². The summed E-state index contributed by atoms with van der Waals surface area (Å²) in [5, 5.41) is 10.8. The van der Waals surface area contributed by atoms with Crippen LogP contribution in [-0.4, -0.2) is 47.1 Å². The summed E-state index contributed by atoms with van der Waals surface area (Å²) in [5.41, 5.74) is 1.40. The van der Waals surface area contributed by atoms with E-state index in [0.29, 0.717) is 16.6 Å². The van der Waals surface area contributed by atoms with E-state index in [1.165, 1.54) is 54.3 Å². The van der Waals surface area contributed by atoms with Gasteiger partial charge in [-0.05, 0) is 42.0 Å². The largest absolute Gasteiger partial charge is 0.383 e. The summed E-state index contributed by atoms with van der Waals surface area (Å²) in [6, 6.07) is 16.6. The summed E-state index contributed by atoms with van der Waals surface area (Å²) in [6.07, 6.45) is 0. The van der Waals surface area contributed by atoms with Crippen molar-refractivity contribution in [3.63, 3.8) is 0 Å². The van der Waals surface area contributed by atoms with Crippen LogP contribution in [0.3, 0.4) is 0 Å². The maximum absolute atomic E-state index is 15.0. The normalized spacial score (nSPS) is 11.9. The average Bonchev–Trinajstić information content (AvgIpc) is 3.26. The number of benzene rings is 3. The van der Waals surface area contributed by atoms with E-state index in [1.54, 1.807) is 30.3 Å². The van der Waals surface area contributed by atoms with Crippen LogP contribution in [0.15, 0.2) is 72.8 Å². The van der Waals surface area contributed by atoms with Gasteiger partial charge in [-0.3, -0.25) is 14.5 Å². The number of nitrogens with one attached hydrogen (secondary N) is 1. The Morgan fingerprint density at radius 2 is 1.74 bits per heavy atom. The zero-order valence-electron chi connectivity index (χ0n) is 18.9. The SMILES string of the molecule is COCCNC(=O)[C@@H](c1ccc(F)cc1)N(C(=O)Cn1nnc2ccccc21)c1ccccc1F. The second-order valence-electron chi connectivity index (χ2n) is 7.69. The molecule has 8 nitrogen and oxygen atoms in total. The zero-order valence-corrected chi connectivity index (χ0v) is 18.9. The average molecular weight is 479 g/mol. The van der Waals surface area contributed by atoms with Crippen molar-refractivity contribution in [1.82, 2.24) is 20.3 Å². The van der Waals surface area contributed by atoms with E-state index in [0.717, 1.165) is 4.90 Å². The summed E-state index contributed by atoms with van der Waals surface area (Å²) in [7, 11) is 1.49. The fraction of sp³-hybridized carbons (Fsp3) is 0.200. The molecule has 0 aliphatic carbocycles. The van der Waals surface area contributed by atoms with Gasteiger partial charge in [0.25, 0.3) is 0 Å². The molecule has 4 rings (SSSR count). The number of anilines is 1. The van der Waals surface area contributed by atoms with E-state index in [4.69, 9.17) is 4.74 Å². The highest BCUT2D eigenvalue weighted by Crippen LogP contribution is 2.31. The lowest BCUT2D eigenvalue weighted by molar-refractivity contribution is -0.127. The van der Waals surface area contributed by atoms with Crippen molar-refractivity contribution in [2.45, 2.75) is 12.6 Å². The molecule has 0 aliphatic rings. The number of para-hydroxylation sites is 2. The van der Waals surface area contributed by atoms with Crippen LogP contribution in [0.2, 0.25) is 0 Å². The van der Waals surface area contributed by atoms with E-state index in [9.17, 15) is 14.0 Å². The number of fused-ring (bicyclic) bond motifs is 1. The Balaban J connectivity index is 1.78. The lowest BCUT2D eigenvalue weighted by Gasteiger charge is -2.31. The Labute approximate surface area is 200 Å². The molecule has 0 saturated heterocycles. The molecular weight excluding hydrogens is 456 g/mol. The lowest BCUT2D eigenvalue weighted by Crippen LogP contribution is -2.46. The molecule has 0 bridgehead atoms. The molecule has 35 heavy (non-hydrogen) atoms. The van der Waals surface area contributed by atoms with Crippen LogP contribution in [0.4, 0.5) is 14.5 Å². The first-order valence-corrected chi connectivity index (χ1v) is 10.9. The summed E-state index contributed by atoms with van der Waals surface area (Å²) < 4.78 is 35.0. The number of amides is 2. The first kappa shape index (κ1) is 24.0. The van der Waals surface area contributed by atoms with Gasteiger partial charge in [-0.25, -0.2) is 13.5 Å². The summed E-state index contributed by atoms with van der Waals surface area (Å²) in [6.45, 7) is 0.0956. The number of methoxy groups -OCH3 is 1. The van der Waals surface area contributed by atoms with Gasteiger partial charge >= 0.3 is 0 Å². The van der Waals surface area contributed by atoms with Crippen LogP contribution in [0.1, 0.15) is 11.6 Å². The van der Waals surface area contributed by atoms with Crippen LogP contribution >= 0.6 is 0 Å². The predicted octanol–water partition coefficient (Wildman–Crippen LogP) is 3.25. The second-order valence-corrected chi connectivity index (χ2v) is 7.69. The van der Waals surface area contributed by atoms with Crippen molar-refractivity contribution < 1.29 is 23.1 Å². The molecule has 1 aromatic heterocycles. The molecule has 1 heterocycles. The van der Waals surface area contributed by atoms with Crippen LogP contribution in [0, 0.1) is 11.6 Å². The highest BCUT2D eigenvalue weighted by molar-refractivity contribution is 6.01. The van der Waals surface area contributed by atoms with Crippen molar-refractivity contribution in [3.05, 3.63) is 90.0 Å². The van der Waals surface area contributed by atoms with Crippen LogP contribution in [-0.2, 0) is 20.9 Å². The molecular formula is C25H23F2N5O3. The minimum absolute atomic E-state index is 0.0989. The van der Waals surface area contributed by atoms with Crippen molar-refractivity contribution in [3.8, 4) is 0 Å². The molecule has 180 valence electrons. The highest BCUT2D eigenvalue weighted by atomic mass is 19.1. The number of rotatable bonds is 9. The number of nitrogens with zero attached hydrogens (tertiary/aromatic N) is 4. The quantitative estimate of drug-likeness (QED) is 0.373. The number of carbonyl (C=O) groups excluding carboxylic acids is 2. The third-order valence-electron chi connectivity index (χ3n) is 5.38. The molecule has 0 saturated carbocycles. The van der Waals surface area contributed by atoms with Gasteiger partial charge in [-0.15, -0.1) is 5.10 Å². The maximum atomic E-state index is 15.0. The third kappa shape index (κ3) is 5.33. The Morgan fingerprint density at radius 3 is 2.49 bits per heavy atom. The fourth-order valence-corrected chi connectivity index (χ4v) is 3.74. The van der Waals surface area contributed by atoms with E-state index in [1.807, 2.05) is 0 Å². The number of hydrogen-bond donors (Lipinski definition) is 1. The van der Waals surface area contributed by atoms with Gasteiger partial charge in [0.1, 0.15) is 29.7 Å². The van der Waals surface area contributed by atoms with Gasteiger partial charge in [0.15, 0.2) is 0 Å². The maximum Gasteiger partial charge on any atom is 0.249 e. The van der Waals surface area contributed by atoms with Gasteiger partial charge in [-0.2, -0.15) is 0 Å². The summed E-state index contributed by atoms with van der Waals surface area (Å²) in [4.78, 5) is 28.1. The molecule has 0 fully saturated rings. The molecule has 0 aliphatic heterocycles. The predicted molar refractivity (Wildman–Crippen MR) is 125 cm³/mol. The van der Waals surface area contributed by atoms with Gasteiger partial charge < -0.3 is 10.1 Å². The van der Waals surface area contributed by atoms with Gasteiger partial charge in [0.05, 0.1) is 17.8 Å². The molecule has 4 aromatic rings. The number of aromatic nitrogens is 3. The monoisotopic (exact) mass is 479 g/mol.